The van der Waals surface area contributed by atoms with E-state index in [0.717, 1.165) is 31.0 Å². The van der Waals surface area contributed by atoms with Crippen molar-refractivity contribution in [3.8, 4) is 11.5 Å². The van der Waals surface area contributed by atoms with Gasteiger partial charge < -0.3 is 24.1 Å². The van der Waals surface area contributed by atoms with E-state index in [9.17, 15) is 8.78 Å². The van der Waals surface area contributed by atoms with Crippen molar-refractivity contribution in [1.29, 1.82) is 0 Å². The molecule has 1 spiro atoms. The Hall–Kier alpha value is -2.69. The number of hydrogen-bond acceptors (Lipinski definition) is 6. The maximum absolute atomic E-state index is 15.0. The van der Waals surface area contributed by atoms with Gasteiger partial charge >= 0.3 is 0 Å². The molecule has 1 aliphatic carbocycles. The highest BCUT2D eigenvalue weighted by Gasteiger charge is 2.40. The average molecular weight is 535 g/mol. The van der Waals surface area contributed by atoms with E-state index in [2.05, 4.69) is 28.4 Å². The molecule has 2 aromatic heterocycles. The number of nitrogens with zero attached hydrogens (tertiary/aromatic N) is 3. The van der Waals surface area contributed by atoms with E-state index in [-0.39, 0.29) is 29.6 Å². The Morgan fingerprint density at radius 2 is 2.03 bits per heavy atom. The fourth-order valence-electron chi connectivity index (χ4n) is 4.37. The Morgan fingerprint density at radius 3 is 2.67 bits per heavy atom. The Labute approximate surface area is 215 Å². The number of ether oxygens (including phenoxy) is 3. The van der Waals surface area contributed by atoms with Crippen LogP contribution in [0.2, 0.25) is 24.2 Å². The monoisotopic (exact) mass is 534 g/mol. The minimum absolute atomic E-state index is 0.136. The highest BCUT2D eigenvalue weighted by atomic mass is 35.5. The molecule has 192 valence electrons. The molecule has 0 unspecified atom stereocenters. The number of hydrogen-bond donors (Lipinski definition) is 1. The third-order valence-electron chi connectivity index (χ3n) is 6.69. The average Bonchev–Trinajstić information content (AvgIpc) is 3.15. The fraction of sp³-hybridized carbons (Fsp3) is 0.440. The zero-order valence-electron chi connectivity index (χ0n) is 20.3. The van der Waals surface area contributed by atoms with Crippen LogP contribution in [0.1, 0.15) is 19.3 Å². The lowest BCUT2D eigenvalue weighted by Crippen LogP contribution is -2.42. The number of pyridine rings is 1. The second-order valence-electron chi connectivity index (χ2n) is 9.93. The number of rotatable bonds is 8. The summed E-state index contributed by atoms with van der Waals surface area (Å²) >= 11 is 6.45. The van der Waals surface area contributed by atoms with E-state index < -0.39 is 26.2 Å². The van der Waals surface area contributed by atoms with E-state index in [4.69, 9.17) is 25.8 Å². The lowest BCUT2D eigenvalue weighted by Gasteiger charge is -2.42. The third-order valence-corrected chi connectivity index (χ3v) is 8.37. The number of benzene rings is 1. The van der Waals surface area contributed by atoms with Crippen LogP contribution in [0.4, 0.5) is 14.5 Å². The molecule has 1 N–H and O–H groups in total. The smallest absolute Gasteiger partial charge is 0.289 e. The van der Waals surface area contributed by atoms with Gasteiger partial charge in [0.05, 0.1) is 23.6 Å². The first kappa shape index (κ1) is 25.0. The molecule has 36 heavy (non-hydrogen) atoms. The summed E-state index contributed by atoms with van der Waals surface area (Å²) in [6.45, 7) is 6.68. The first-order valence-corrected chi connectivity index (χ1v) is 15.7. The highest BCUT2D eigenvalue weighted by Crippen LogP contribution is 2.43. The van der Waals surface area contributed by atoms with Crippen molar-refractivity contribution in [2.75, 3.05) is 25.1 Å². The molecule has 0 radical (unpaired) electrons. The van der Waals surface area contributed by atoms with Crippen molar-refractivity contribution < 1.29 is 23.0 Å². The Morgan fingerprint density at radius 1 is 1.25 bits per heavy atom. The van der Waals surface area contributed by atoms with Gasteiger partial charge in [0.25, 0.3) is 6.02 Å². The number of anilines is 1. The molecule has 0 amide bonds. The van der Waals surface area contributed by atoms with Crippen LogP contribution in [0, 0.1) is 17.0 Å². The summed E-state index contributed by atoms with van der Waals surface area (Å²) < 4.78 is 48.8. The largest absolute Gasteiger partial charge is 0.464 e. The van der Waals surface area contributed by atoms with Crippen molar-refractivity contribution in [3.63, 3.8) is 0 Å². The zero-order valence-corrected chi connectivity index (χ0v) is 22.2. The molecule has 1 saturated carbocycles. The summed E-state index contributed by atoms with van der Waals surface area (Å²) in [5.41, 5.74) is 0.832. The van der Waals surface area contributed by atoms with Gasteiger partial charge in [0.2, 0.25) is 0 Å². The summed E-state index contributed by atoms with van der Waals surface area (Å²) in [7, 11) is -0.703. The summed E-state index contributed by atoms with van der Waals surface area (Å²) in [5, 5.41) is 3.67. The van der Waals surface area contributed by atoms with Gasteiger partial charge in [-0.05, 0) is 25.0 Å². The molecule has 3 heterocycles. The van der Waals surface area contributed by atoms with Gasteiger partial charge in [0, 0.05) is 51.0 Å². The predicted octanol–water partition coefficient (Wildman–Crippen LogP) is 6.19. The van der Waals surface area contributed by atoms with Crippen molar-refractivity contribution in [2.24, 2.45) is 10.4 Å². The van der Waals surface area contributed by atoms with Gasteiger partial charge in [-0.1, -0.05) is 31.1 Å². The van der Waals surface area contributed by atoms with Crippen molar-refractivity contribution in [2.45, 2.75) is 45.1 Å². The lowest BCUT2D eigenvalue weighted by atomic mass is 9.69. The molecule has 0 saturated heterocycles. The van der Waals surface area contributed by atoms with E-state index in [1.54, 1.807) is 10.8 Å². The number of nitrogens with one attached hydrogen (secondary N) is 1. The van der Waals surface area contributed by atoms with Crippen LogP contribution in [0.3, 0.4) is 0 Å². The summed E-state index contributed by atoms with van der Waals surface area (Å²) in [6, 6.07) is 5.15. The summed E-state index contributed by atoms with van der Waals surface area (Å²) in [5.74, 6) is -2.07. The molecule has 7 nitrogen and oxygen atoms in total. The first-order chi connectivity index (χ1) is 17.3. The van der Waals surface area contributed by atoms with Gasteiger partial charge in [-0.15, -0.1) is 0 Å². The predicted molar refractivity (Wildman–Crippen MR) is 139 cm³/mol. The Kier molecular flexibility index (Phi) is 7.18. The summed E-state index contributed by atoms with van der Waals surface area (Å²) in [6.07, 6.45) is 6.57. The van der Waals surface area contributed by atoms with E-state index in [1.165, 1.54) is 18.7 Å². The maximum atomic E-state index is 15.0. The molecule has 2 aliphatic rings. The van der Waals surface area contributed by atoms with E-state index >= 15 is 0 Å². The van der Waals surface area contributed by atoms with Crippen LogP contribution >= 0.6 is 11.6 Å². The number of aromatic nitrogens is 2. The first-order valence-electron chi connectivity index (χ1n) is 12.2. The van der Waals surface area contributed by atoms with Gasteiger partial charge in [0.15, 0.2) is 17.4 Å². The molecular formula is C25H29ClF2N4O3Si. The topological polar surface area (TPSA) is 69.9 Å². The Bertz CT molecular complexity index is 1270. The van der Waals surface area contributed by atoms with Crippen LogP contribution in [0.5, 0.6) is 11.5 Å². The molecule has 1 fully saturated rings. The van der Waals surface area contributed by atoms with Crippen LogP contribution in [0.25, 0.3) is 11.0 Å². The van der Waals surface area contributed by atoms with Gasteiger partial charge in [-0.2, -0.15) is 0 Å². The third kappa shape index (κ3) is 5.21. The molecular weight excluding hydrogens is 506 g/mol. The van der Waals surface area contributed by atoms with Crippen LogP contribution in [-0.4, -0.2) is 44.1 Å². The van der Waals surface area contributed by atoms with Gasteiger partial charge in [-0.3, -0.25) is 0 Å². The molecule has 0 atom stereocenters. The Balaban J connectivity index is 1.32. The van der Waals surface area contributed by atoms with E-state index in [0.29, 0.717) is 35.8 Å². The van der Waals surface area contributed by atoms with Crippen LogP contribution in [-0.2, 0) is 16.2 Å². The normalized spacial score (nSPS) is 16.7. The minimum Gasteiger partial charge on any atom is -0.464 e. The molecule has 3 aromatic rings. The molecule has 1 aromatic carbocycles. The van der Waals surface area contributed by atoms with Crippen LogP contribution in [0.15, 0.2) is 35.6 Å². The quantitative estimate of drug-likeness (QED) is 0.276. The zero-order chi connectivity index (χ0) is 25.3. The molecule has 11 heteroatoms. The van der Waals surface area contributed by atoms with Gasteiger partial charge in [0.1, 0.15) is 18.1 Å². The highest BCUT2D eigenvalue weighted by molar-refractivity contribution is 6.55. The second-order valence-corrected chi connectivity index (χ2v) is 13.7. The number of halogens is 3. The number of aliphatic imine (C=N–C) groups is 1. The van der Waals surface area contributed by atoms with Crippen molar-refractivity contribution in [1.82, 2.24) is 9.55 Å². The van der Waals surface area contributed by atoms with Crippen molar-refractivity contribution in [3.05, 3.63) is 47.2 Å². The SMILES string of the molecule is C[SiH](C)CCOCn1cc(Cl)c2c(Oc3c(F)cc(NC4=NCC5(CCC5)CO4)cc3F)ccnc21. The van der Waals surface area contributed by atoms with Crippen LogP contribution < -0.4 is 10.1 Å². The standard InChI is InChI=1S/C25H29ClF2N4O3Si/c1-36(2)9-8-33-15-32-12-17(26)21-20(4-7-29-23(21)32)35-22-18(27)10-16(11-19(22)28)31-24-30-13-25(14-34-24)5-3-6-25/h4,7,10-12,36H,3,5-6,8-9,13-15H2,1-2H3,(H,30,31). The molecule has 5 rings (SSSR count). The van der Waals surface area contributed by atoms with E-state index in [1.807, 2.05) is 0 Å². The molecule has 0 bridgehead atoms. The van der Waals surface area contributed by atoms with Gasteiger partial charge in [-0.25, -0.2) is 18.8 Å². The second kappa shape index (κ2) is 10.4. The minimum atomic E-state index is -0.869. The number of amidine groups is 1. The fourth-order valence-corrected chi connectivity index (χ4v) is 5.31. The maximum Gasteiger partial charge on any atom is 0.289 e. The lowest BCUT2D eigenvalue weighted by molar-refractivity contribution is 0.0461. The summed E-state index contributed by atoms with van der Waals surface area (Å²) in [4.78, 5) is 8.77. The van der Waals surface area contributed by atoms with Crippen molar-refractivity contribution >= 4 is 43.1 Å². The molecule has 1 aliphatic heterocycles. The number of fused-ring (bicyclic) bond motifs is 1.